The fraction of sp³-hybridized carbons (Fsp3) is 0.222. The normalized spacial score (nSPS) is 12.0. The fourth-order valence-electron chi connectivity index (χ4n) is 1.23. The molecule has 0 aliphatic carbocycles. The summed E-state index contributed by atoms with van der Waals surface area (Å²) in [5.74, 6) is -0.0609. The van der Waals surface area contributed by atoms with Crippen molar-refractivity contribution < 1.29 is 22.3 Å². The van der Waals surface area contributed by atoms with E-state index in [4.69, 9.17) is 4.42 Å². The van der Waals surface area contributed by atoms with Crippen LogP contribution in [0.1, 0.15) is 5.89 Å². The number of halogens is 4. The van der Waals surface area contributed by atoms with Crippen LogP contribution in [0.3, 0.4) is 0 Å². The van der Waals surface area contributed by atoms with Gasteiger partial charge in [0.2, 0.25) is 5.89 Å². The van der Waals surface area contributed by atoms with E-state index in [2.05, 4.69) is 25.7 Å². The van der Waals surface area contributed by atoms with Gasteiger partial charge in [-0.05, 0) is 12.1 Å². The highest BCUT2D eigenvalue weighted by atomic mass is 79.9. The van der Waals surface area contributed by atoms with E-state index in [-0.39, 0.29) is 16.8 Å². The zero-order valence-corrected chi connectivity index (χ0v) is 9.30. The zero-order chi connectivity index (χ0) is 11.8. The first-order valence-electron chi connectivity index (χ1n) is 4.20. The number of alkyl halides is 4. The van der Waals surface area contributed by atoms with Gasteiger partial charge in [0.15, 0.2) is 16.8 Å². The Balaban J connectivity index is 2.48. The summed E-state index contributed by atoms with van der Waals surface area (Å²) in [6, 6.07) is 4.13. The summed E-state index contributed by atoms with van der Waals surface area (Å²) < 4.78 is 45.2. The lowest BCUT2D eigenvalue weighted by Crippen LogP contribution is -2.17. The first-order chi connectivity index (χ1) is 7.49. The lowest BCUT2D eigenvalue weighted by atomic mass is 10.3. The predicted octanol–water partition coefficient (Wildman–Crippen LogP) is 3.62. The fourth-order valence-corrected chi connectivity index (χ4v) is 1.47. The Morgan fingerprint density at radius 2 is 2.12 bits per heavy atom. The van der Waals surface area contributed by atoms with E-state index in [0.29, 0.717) is 11.2 Å². The number of aromatic nitrogens is 1. The van der Waals surface area contributed by atoms with Crippen molar-refractivity contribution in [2.24, 2.45) is 0 Å². The van der Waals surface area contributed by atoms with E-state index in [9.17, 15) is 13.2 Å². The highest BCUT2D eigenvalue weighted by Crippen LogP contribution is 2.30. The number of para-hydroxylation sites is 1. The van der Waals surface area contributed by atoms with Crippen LogP contribution in [-0.2, 0) is 5.33 Å². The predicted molar refractivity (Wildman–Crippen MR) is 53.3 cm³/mol. The maximum atomic E-state index is 12.1. The molecule has 86 valence electrons. The van der Waals surface area contributed by atoms with Gasteiger partial charge in [-0.3, -0.25) is 0 Å². The molecule has 0 aliphatic heterocycles. The molecule has 0 fully saturated rings. The van der Waals surface area contributed by atoms with Crippen LogP contribution in [0.4, 0.5) is 13.2 Å². The van der Waals surface area contributed by atoms with Crippen molar-refractivity contribution in [2.45, 2.75) is 11.7 Å². The van der Waals surface area contributed by atoms with Gasteiger partial charge in [0, 0.05) is 0 Å². The van der Waals surface area contributed by atoms with E-state index < -0.39 is 6.36 Å². The molecule has 16 heavy (non-hydrogen) atoms. The summed E-state index contributed by atoms with van der Waals surface area (Å²) in [5.41, 5.74) is 0.325. The summed E-state index contributed by atoms with van der Waals surface area (Å²) in [6.45, 7) is 0. The average Bonchev–Trinajstić information content (AvgIpc) is 2.59. The van der Waals surface area contributed by atoms with Crippen molar-refractivity contribution in [1.29, 1.82) is 0 Å². The lowest BCUT2D eigenvalue weighted by molar-refractivity contribution is -0.274. The topological polar surface area (TPSA) is 35.3 Å². The van der Waals surface area contributed by atoms with Crippen LogP contribution in [0.5, 0.6) is 5.75 Å². The van der Waals surface area contributed by atoms with E-state index in [1.807, 2.05) is 0 Å². The number of ether oxygens (including phenoxy) is 1. The van der Waals surface area contributed by atoms with Crippen LogP contribution in [0, 0.1) is 0 Å². The molecular weight excluding hydrogens is 291 g/mol. The van der Waals surface area contributed by atoms with Gasteiger partial charge in [-0.25, -0.2) is 4.98 Å². The van der Waals surface area contributed by atoms with Crippen LogP contribution in [-0.4, -0.2) is 11.3 Å². The molecule has 0 bridgehead atoms. The summed E-state index contributed by atoms with van der Waals surface area (Å²) >= 11 is 3.10. The standard InChI is InChI=1S/C9H5BrF3NO2/c10-4-7-14-8-5(15-7)2-1-3-6(8)16-9(11,12)13/h1-3H,4H2. The minimum absolute atomic E-state index is 0.0641. The Kier molecular flexibility index (Phi) is 2.79. The Morgan fingerprint density at radius 1 is 1.38 bits per heavy atom. The van der Waals surface area contributed by atoms with Gasteiger partial charge in [-0.1, -0.05) is 22.0 Å². The molecule has 0 saturated carbocycles. The van der Waals surface area contributed by atoms with Gasteiger partial charge >= 0.3 is 6.36 Å². The second kappa shape index (κ2) is 3.97. The molecule has 1 heterocycles. The maximum Gasteiger partial charge on any atom is 0.573 e. The van der Waals surface area contributed by atoms with Crippen molar-refractivity contribution in [3.8, 4) is 5.75 Å². The zero-order valence-electron chi connectivity index (χ0n) is 7.71. The molecule has 0 spiro atoms. The highest BCUT2D eigenvalue weighted by molar-refractivity contribution is 9.08. The van der Waals surface area contributed by atoms with Gasteiger partial charge < -0.3 is 9.15 Å². The second-order valence-electron chi connectivity index (χ2n) is 2.89. The summed E-state index contributed by atoms with van der Waals surface area (Å²) in [6.07, 6.45) is -4.73. The molecule has 0 N–H and O–H groups in total. The molecule has 0 atom stereocenters. The third-order valence-corrected chi connectivity index (χ3v) is 2.25. The maximum absolute atomic E-state index is 12.1. The first kappa shape index (κ1) is 11.3. The largest absolute Gasteiger partial charge is 0.573 e. The van der Waals surface area contributed by atoms with Gasteiger partial charge in [0.1, 0.15) is 0 Å². The molecule has 0 saturated heterocycles. The van der Waals surface area contributed by atoms with E-state index >= 15 is 0 Å². The second-order valence-corrected chi connectivity index (χ2v) is 3.45. The average molecular weight is 296 g/mol. The number of hydrogen-bond acceptors (Lipinski definition) is 3. The molecule has 0 unspecified atom stereocenters. The van der Waals surface area contributed by atoms with Crippen molar-refractivity contribution in [3.05, 3.63) is 24.1 Å². The molecule has 0 amide bonds. The van der Waals surface area contributed by atoms with Crippen LogP contribution in [0.25, 0.3) is 11.1 Å². The van der Waals surface area contributed by atoms with Gasteiger partial charge in [-0.2, -0.15) is 0 Å². The monoisotopic (exact) mass is 295 g/mol. The molecule has 3 nitrogen and oxygen atoms in total. The number of rotatable bonds is 2. The van der Waals surface area contributed by atoms with Gasteiger partial charge in [0.05, 0.1) is 5.33 Å². The summed E-state index contributed by atoms with van der Waals surface area (Å²) in [7, 11) is 0. The molecule has 0 radical (unpaired) electrons. The first-order valence-corrected chi connectivity index (χ1v) is 5.32. The van der Waals surface area contributed by atoms with Crippen molar-refractivity contribution in [1.82, 2.24) is 4.98 Å². The number of nitrogens with zero attached hydrogens (tertiary/aromatic N) is 1. The van der Waals surface area contributed by atoms with Crippen molar-refractivity contribution in [3.63, 3.8) is 0 Å². The van der Waals surface area contributed by atoms with Crippen LogP contribution in [0.2, 0.25) is 0 Å². The van der Waals surface area contributed by atoms with E-state index in [1.165, 1.54) is 18.2 Å². The van der Waals surface area contributed by atoms with E-state index in [1.54, 1.807) is 0 Å². The number of oxazole rings is 1. The molecular formula is C9H5BrF3NO2. The molecule has 0 aliphatic rings. The smallest absolute Gasteiger partial charge is 0.440 e. The summed E-state index contributed by atoms with van der Waals surface area (Å²) in [5, 5.41) is 0.327. The quantitative estimate of drug-likeness (QED) is 0.794. The molecule has 2 rings (SSSR count). The Morgan fingerprint density at radius 3 is 2.75 bits per heavy atom. The molecule has 7 heteroatoms. The van der Waals surface area contributed by atoms with Crippen LogP contribution >= 0.6 is 15.9 Å². The highest BCUT2D eigenvalue weighted by Gasteiger charge is 2.32. The van der Waals surface area contributed by atoms with E-state index in [0.717, 1.165) is 0 Å². The molecule has 1 aromatic carbocycles. The minimum atomic E-state index is -4.73. The molecule has 1 aromatic heterocycles. The third kappa shape index (κ3) is 2.29. The number of hydrogen-bond donors (Lipinski definition) is 0. The number of benzene rings is 1. The Bertz CT molecular complexity index is 509. The third-order valence-electron chi connectivity index (χ3n) is 1.77. The van der Waals surface area contributed by atoms with Crippen LogP contribution in [0.15, 0.2) is 22.6 Å². The van der Waals surface area contributed by atoms with Gasteiger partial charge in [-0.15, -0.1) is 13.2 Å². The number of fused-ring (bicyclic) bond motifs is 1. The Hall–Kier alpha value is -1.24. The lowest BCUT2D eigenvalue weighted by Gasteiger charge is -2.07. The SMILES string of the molecule is FC(F)(F)Oc1cccc2oc(CBr)nc12. The van der Waals surface area contributed by atoms with Crippen molar-refractivity contribution in [2.75, 3.05) is 0 Å². The van der Waals surface area contributed by atoms with Crippen LogP contribution < -0.4 is 4.74 Å². The molecule has 2 aromatic rings. The summed E-state index contributed by atoms with van der Waals surface area (Å²) in [4.78, 5) is 3.88. The Labute approximate surface area is 96.3 Å². The van der Waals surface area contributed by atoms with Crippen molar-refractivity contribution >= 4 is 27.0 Å². The minimum Gasteiger partial charge on any atom is -0.440 e. The van der Waals surface area contributed by atoms with Gasteiger partial charge in [0.25, 0.3) is 0 Å².